The molecule has 1 rings (SSSR count). The number of anilines is 1. The van der Waals surface area contributed by atoms with Crippen molar-refractivity contribution in [2.75, 3.05) is 5.32 Å². The van der Waals surface area contributed by atoms with Crippen molar-refractivity contribution in [1.29, 1.82) is 5.26 Å². The van der Waals surface area contributed by atoms with E-state index >= 15 is 0 Å². The largest absolute Gasteiger partial charge is 0.449 e. The van der Waals surface area contributed by atoms with E-state index in [1.807, 2.05) is 13.0 Å². The van der Waals surface area contributed by atoms with Crippen LogP contribution < -0.4 is 5.32 Å². The Balaban J connectivity index is 2.63. The Morgan fingerprint density at radius 1 is 1.33 bits per heavy atom. The zero-order chi connectivity index (χ0) is 15.7. The lowest BCUT2D eigenvalue weighted by molar-refractivity contribution is -0.148. The first-order valence-electron chi connectivity index (χ1n) is 6.38. The highest BCUT2D eigenvalue weighted by atomic mass is 16.5. The zero-order valence-corrected chi connectivity index (χ0v) is 11.9. The number of para-hydroxylation sites is 1. The summed E-state index contributed by atoms with van der Waals surface area (Å²) in [6.07, 6.45) is 5.23. The normalized spacial score (nSPS) is 12.0. The first-order valence-corrected chi connectivity index (χ1v) is 6.38. The molecule has 1 amide bonds. The van der Waals surface area contributed by atoms with Crippen molar-refractivity contribution >= 4 is 17.6 Å². The van der Waals surface area contributed by atoms with Crippen LogP contribution in [0.4, 0.5) is 5.69 Å². The Morgan fingerprint density at radius 2 is 2.05 bits per heavy atom. The summed E-state index contributed by atoms with van der Waals surface area (Å²) in [7, 11) is 0. The molecule has 1 atom stereocenters. The average Bonchev–Trinajstić information content (AvgIpc) is 2.48. The number of carbonyl (C=O) groups is 2. The molecule has 0 aliphatic carbocycles. The summed E-state index contributed by atoms with van der Waals surface area (Å²) in [6.45, 7) is 3.28. The van der Waals surface area contributed by atoms with Gasteiger partial charge in [0.1, 0.15) is 6.07 Å². The third-order valence-corrected chi connectivity index (χ3v) is 2.50. The summed E-state index contributed by atoms with van der Waals surface area (Å²) >= 11 is 0. The van der Waals surface area contributed by atoms with Crippen molar-refractivity contribution in [3.8, 4) is 6.07 Å². The Kier molecular flexibility index (Phi) is 6.42. The molecule has 0 heterocycles. The van der Waals surface area contributed by atoms with E-state index in [1.165, 1.54) is 19.1 Å². The summed E-state index contributed by atoms with van der Waals surface area (Å²) < 4.78 is 4.95. The molecule has 0 fully saturated rings. The highest BCUT2D eigenvalue weighted by Crippen LogP contribution is 2.14. The van der Waals surface area contributed by atoms with Gasteiger partial charge in [-0.1, -0.05) is 30.4 Å². The second-order valence-electron chi connectivity index (χ2n) is 4.11. The highest BCUT2D eigenvalue weighted by molar-refractivity contribution is 5.96. The van der Waals surface area contributed by atoms with Crippen LogP contribution in [-0.2, 0) is 14.3 Å². The first-order chi connectivity index (χ1) is 10.1. The average molecular weight is 284 g/mol. The number of hydrogen-bond donors (Lipinski definition) is 1. The fraction of sp³-hybridized carbons (Fsp3) is 0.188. The molecule has 0 aliphatic heterocycles. The fourth-order valence-electron chi connectivity index (χ4n) is 1.44. The molecule has 0 aromatic heterocycles. The highest BCUT2D eigenvalue weighted by Gasteiger charge is 2.17. The van der Waals surface area contributed by atoms with Gasteiger partial charge < -0.3 is 10.1 Å². The molecule has 0 saturated heterocycles. The van der Waals surface area contributed by atoms with Crippen LogP contribution in [0.25, 0.3) is 0 Å². The summed E-state index contributed by atoms with van der Waals surface area (Å²) in [5.74, 6) is -1.10. The van der Waals surface area contributed by atoms with E-state index in [0.29, 0.717) is 11.3 Å². The Hall–Kier alpha value is -2.87. The number of esters is 1. The molecule has 0 radical (unpaired) electrons. The van der Waals surface area contributed by atoms with Gasteiger partial charge in [-0.3, -0.25) is 4.79 Å². The van der Waals surface area contributed by atoms with Gasteiger partial charge >= 0.3 is 5.97 Å². The van der Waals surface area contributed by atoms with Gasteiger partial charge in [-0.15, -0.1) is 0 Å². The molecular formula is C16H16N2O3. The maximum atomic E-state index is 11.9. The van der Waals surface area contributed by atoms with Crippen LogP contribution >= 0.6 is 0 Å². The smallest absolute Gasteiger partial charge is 0.331 e. The number of benzene rings is 1. The van der Waals surface area contributed by atoms with Gasteiger partial charge in [-0.2, -0.15) is 5.26 Å². The van der Waals surface area contributed by atoms with Crippen LogP contribution in [0.1, 0.15) is 19.4 Å². The molecule has 0 bridgehead atoms. The molecule has 5 nitrogen and oxygen atoms in total. The van der Waals surface area contributed by atoms with E-state index in [4.69, 9.17) is 10.00 Å². The van der Waals surface area contributed by atoms with Crippen molar-refractivity contribution < 1.29 is 14.3 Å². The van der Waals surface area contributed by atoms with Crippen LogP contribution in [0, 0.1) is 11.3 Å². The van der Waals surface area contributed by atoms with Crippen LogP contribution in [0.2, 0.25) is 0 Å². The summed E-state index contributed by atoms with van der Waals surface area (Å²) in [6, 6.07) is 8.57. The van der Waals surface area contributed by atoms with Gasteiger partial charge in [-0.05, 0) is 26.0 Å². The van der Waals surface area contributed by atoms with E-state index in [9.17, 15) is 9.59 Å². The fourth-order valence-corrected chi connectivity index (χ4v) is 1.44. The van der Waals surface area contributed by atoms with E-state index in [-0.39, 0.29) is 0 Å². The van der Waals surface area contributed by atoms with Crippen LogP contribution in [0.3, 0.4) is 0 Å². The Morgan fingerprint density at radius 3 is 2.71 bits per heavy atom. The third-order valence-electron chi connectivity index (χ3n) is 2.50. The second kappa shape index (κ2) is 8.33. The molecule has 0 unspecified atom stereocenters. The lowest BCUT2D eigenvalue weighted by Gasteiger charge is -2.12. The van der Waals surface area contributed by atoms with Crippen LogP contribution in [0.15, 0.2) is 48.6 Å². The molecule has 21 heavy (non-hydrogen) atoms. The number of allylic oxidation sites excluding steroid dienone is 3. The van der Waals surface area contributed by atoms with E-state index in [0.717, 1.165) is 0 Å². The van der Waals surface area contributed by atoms with Gasteiger partial charge in [0.15, 0.2) is 6.10 Å². The summed E-state index contributed by atoms with van der Waals surface area (Å²) in [5, 5.41) is 11.5. The lowest BCUT2D eigenvalue weighted by atomic mass is 10.2. The molecule has 0 aliphatic rings. The molecule has 0 saturated carbocycles. The van der Waals surface area contributed by atoms with E-state index in [2.05, 4.69) is 5.32 Å². The number of nitriles is 1. The predicted molar refractivity (Wildman–Crippen MR) is 79.3 cm³/mol. The van der Waals surface area contributed by atoms with Crippen molar-refractivity contribution in [3.63, 3.8) is 0 Å². The number of nitrogens with one attached hydrogen (secondary N) is 1. The summed E-state index contributed by atoms with van der Waals surface area (Å²) in [4.78, 5) is 23.3. The molecule has 1 N–H and O–H groups in total. The minimum atomic E-state index is -0.959. The second-order valence-corrected chi connectivity index (χ2v) is 4.11. The SMILES string of the molecule is C/C=C/C=C/C(=O)O[C@H](C)C(=O)Nc1ccccc1C#N. The van der Waals surface area contributed by atoms with Crippen molar-refractivity contribution in [3.05, 3.63) is 54.1 Å². The Labute approximate surface area is 123 Å². The maximum absolute atomic E-state index is 11.9. The van der Waals surface area contributed by atoms with Crippen molar-refractivity contribution in [2.45, 2.75) is 20.0 Å². The zero-order valence-electron chi connectivity index (χ0n) is 11.9. The molecule has 1 aromatic rings. The maximum Gasteiger partial charge on any atom is 0.331 e. The number of nitrogens with zero attached hydrogens (tertiary/aromatic N) is 1. The monoisotopic (exact) mass is 284 g/mol. The van der Waals surface area contributed by atoms with Crippen molar-refractivity contribution in [2.24, 2.45) is 0 Å². The van der Waals surface area contributed by atoms with Gasteiger partial charge in [0.25, 0.3) is 5.91 Å². The van der Waals surface area contributed by atoms with Gasteiger partial charge in [0.05, 0.1) is 11.3 Å². The van der Waals surface area contributed by atoms with Gasteiger partial charge in [-0.25, -0.2) is 4.79 Å². The standard InChI is InChI=1S/C16H16N2O3/c1-3-4-5-10-15(19)21-12(2)16(20)18-14-9-7-6-8-13(14)11-17/h3-10,12H,1-2H3,(H,18,20)/b4-3+,10-5+/t12-/m1/s1. The molecule has 1 aromatic carbocycles. The summed E-state index contributed by atoms with van der Waals surface area (Å²) in [5.41, 5.74) is 0.731. The quantitative estimate of drug-likeness (QED) is 0.512. The number of amides is 1. The number of hydrogen-bond acceptors (Lipinski definition) is 4. The minimum Gasteiger partial charge on any atom is -0.449 e. The van der Waals surface area contributed by atoms with Crippen LogP contribution in [0.5, 0.6) is 0 Å². The van der Waals surface area contributed by atoms with Crippen LogP contribution in [-0.4, -0.2) is 18.0 Å². The van der Waals surface area contributed by atoms with Gasteiger partial charge in [0, 0.05) is 6.08 Å². The molecule has 0 spiro atoms. The molecular weight excluding hydrogens is 268 g/mol. The van der Waals surface area contributed by atoms with Crippen molar-refractivity contribution in [1.82, 2.24) is 0 Å². The minimum absolute atomic E-state index is 0.345. The lowest BCUT2D eigenvalue weighted by Crippen LogP contribution is -2.29. The third kappa shape index (κ3) is 5.33. The molecule has 108 valence electrons. The number of carbonyl (C=O) groups excluding carboxylic acids is 2. The van der Waals surface area contributed by atoms with Gasteiger partial charge in [0.2, 0.25) is 0 Å². The first kappa shape index (κ1) is 16.2. The number of ether oxygens (including phenoxy) is 1. The number of rotatable bonds is 5. The van der Waals surface area contributed by atoms with E-state index < -0.39 is 18.0 Å². The predicted octanol–water partition coefficient (Wildman–Crippen LogP) is 2.56. The topological polar surface area (TPSA) is 79.2 Å². The molecule has 5 heteroatoms. The Bertz CT molecular complexity index is 612. The van der Waals surface area contributed by atoms with E-state index in [1.54, 1.807) is 36.4 Å².